The molecule has 0 spiro atoms. The number of nitrogens with zero attached hydrogens (tertiary/aromatic N) is 2. The molecular weight excluding hydrogens is 472 g/mol. The summed E-state index contributed by atoms with van der Waals surface area (Å²) in [4.78, 5) is 2.77. The van der Waals surface area contributed by atoms with Crippen molar-refractivity contribution in [2.45, 2.75) is 44.2 Å². The second-order valence-electron chi connectivity index (χ2n) is 11.1. The molecule has 2 heteroatoms. The van der Waals surface area contributed by atoms with Crippen LogP contribution < -0.4 is 0 Å². The van der Waals surface area contributed by atoms with Gasteiger partial charge in [0.1, 0.15) is 5.69 Å². The van der Waals surface area contributed by atoms with Crippen molar-refractivity contribution in [2.24, 2.45) is 11.8 Å². The molecule has 7 rings (SSSR count). The molecule has 1 aromatic heterocycles. The third-order valence-electron chi connectivity index (χ3n) is 9.04. The lowest BCUT2D eigenvalue weighted by molar-refractivity contribution is 0.235. The Morgan fingerprint density at radius 3 is 2.62 bits per heavy atom. The zero-order valence-corrected chi connectivity index (χ0v) is 22.4. The van der Waals surface area contributed by atoms with Crippen LogP contribution in [0.25, 0.3) is 22.7 Å². The number of hydrogen-bond acceptors (Lipinski definition) is 1. The lowest BCUT2D eigenvalue weighted by Crippen LogP contribution is -2.38. The van der Waals surface area contributed by atoms with E-state index in [2.05, 4.69) is 138 Å². The van der Waals surface area contributed by atoms with Gasteiger partial charge in [-0.2, -0.15) is 0 Å². The Labute approximate surface area is 232 Å². The third kappa shape index (κ3) is 3.88. The number of likely N-dealkylation sites (tertiary alicyclic amines) is 1. The normalized spacial score (nSPS) is 27.1. The highest BCUT2D eigenvalue weighted by molar-refractivity contribution is 5.94. The van der Waals surface area contributed by atoms with Crippen molar-refractivity contribution >= 4 is 17.0 Å². The monoisotopic (exact) mass is 506 g/mol. The molecular formula is C37H34N2. The number of allylic oxidation sites excluding steroid dienone is 8. The summed E-state index contributed by atoms with van der Waals surface area (Å²) in [7, 11) is 0. The molecule has 5 unspecified atom stereocenters. The van der Waals surface area contributed by atoms with Crippen LogP contribution in [0, 0.1) is 24.2 Å². The van der Waals surface area contributed by atoms with Crippen molar-refractivity contribution in [3.63, 3.8) is 0 Å². The van der Waals surface area contributed by atoms with Gasteiger partial charge in [0.2, 0.25) is 0 Å². The first-order valence-electron chi connectivity index (χ1n) is 14.3. The molecule has 1 fully saturated rings. The van der Waals surface area contributed by atoms with Crippen molar-refractivity contribution in [1.29, 1.82) is 0 Å². The Morgan fingerprint density at radius 1 is 0.949 bits per heavy atom. The number of hydrogen-bond donors (Lipinski definition) is 0. The predicted octanol–water partition coefficient (Wildman–Crippen LogP) is 8.33. The maximum atomic E-state index is 6.12. The van der Waals surface area contributed by atoms with Gasteiger partial charge in [-0.05, 0) is 56.0 Å². The maximum Gasteiger partial charge on any atom is 0.105 e. The zero-order chi connectivity index (χ0) is 26.3. The second kappa shape index (κ2) is 9.83. The van der Waals surface area contributed by atoms with Gasteiger partial charge in [-0.3, -0.25) is 0 Å². The smallest absolute Gasteiger partial charge is 0.105 e. The van der Waals surface area contributed by atoms with Gasteiger partial charge in [0.05, 0.1) is 11.6 Å². The average Bonchev–Trinajstić information content (AvgIpc) is 3.50. The first kappa shape index (κ1) is 23.9. The van der Waals surface area contributed by atoms with E-state index in [9.17, 15) is 0 Å². The Kier molecular flexibility index (Phi) is 6.01. The molecule has 0 bridgehead atoms. The van der Waals surface area contributed by atoms with E-state index in [1.54, 1.807) is 0 Å². The first-order chi connectivity index (χ1) is 19.3. The summed E-state index contributed by atoms with van der Waals surface area (Å²) in [6.07, 6.45) is 35.0. The Balaban J connectivity index is 1.32. The van der Waals surface area contributed by atoms with E-state index in [4.69, 9.17) is 6.42 Å². The molecule has 5 atom stereocenters. The Morgan fingerprint density at radius 2 is 1.82 bits per heavy atom. The average molecular weight is 507 g/mol. The summed E-state index contributed by atoms with van der Waals surface area (Å²) in [5.74, 6) is 4.46. The van der Waals surface area contributed by atoms with Crippen LogP contribution >= 0.6 is 0 Å². The van der Waals surface area contributed by atoms with Gasteiger partial charge in [-0.1, -0.05) is 97.0 Å². The number of benzene rings is 2. The fourth-order valence-corrected chi connectivity index (χ4v) is 7.38. The van der Waals surface area contributed by atoms with Crippen molar-refractivity contribution in [2.75, 3.05) is 0 Å². The van der Waals surface area contributed by atoms with Crippen LogP contribution in [-0.4, -0.2) is 21.6 Å². The van der Waals surface area contributed by atoms with Crippen LogP contribution in [0.2, 0.25) is 0 Å². The summed E-state index contributed by atoms with van der Waals surface area (Å²) in [5.41, 5.74) is 7.17. The highest BCUT2D eigenvalue weighted by Gasteiger charge is 2.48. The van der Waals surface area contributed by atoms with Gasteiger partial charge in [0, 0.05) is 46.1 Å². The molecule has 0 saturated carbocycles. The van der Waals surface area contributed by atoms with Gasteiger partial charge >= 0.3 is 0 Å². The van der Waals surface area contributed by atoms with Crippen LogP contribution in [0.5, 0.6) is 0 Å². The van der Waals surface area contributed by atoms with Gasteiger partial charge in [-0.15, -0.1) is 6.42 Å². The first-order valence-corrected chi connectivity index (χ1v) is 14.3. The summed E-state index contributed by atoms with van der Waals surface area (Å²) < 4.78 is 2.26. The molecule has 1 saturated heterocycles. The Hall–Kier alpha value is -4.22. The highest BCUT2D eigenvalue weighted by atomic mass is 15.2. The van der Waals surface area contributed by atoms with Crippen molar-refractivity contribution in [3.05, 3.63) is 132 Å². The molecule has 0 amide bonds. The van der Waals surface area contributed by atoms with Gasteiger partial charge in [-0.25, -0.2) is 0 Å². The quantitative estimate of drug-likeness (QED) is 0.255. The summed E-state index contributed by atoms with van der Waals surface area (Å²) in [6, 6.07) is 18.4. The van der Waals surface area contributed by atoms with E-state index in [1.807, 2.05) is 0 Å². The molecule has 0 N–H and O–H groups in total. The summed E-state index contributed by atoms with van der Waals surface area (Å²) in [6.45, 7) is 2.05. The minimum absolute atomic E-state index is 0.365. The SMILES string of the molecule is C#Cc1c(/C=C\C)c2ccc(C3C=CC4C5C=CC=CC5N(C5=CC=CCC5)C4C3)cc2n1-c1ccccc1. The molecule has 192 valence electrons. The molecule has 39 heavy (non-hydrogen) atoms. The topological polar surface area (TPSA) is 8.17 Å². The van der Waals surface area contributed by atoms with Crippen molar-refractivity contribution in [3.8, 4) is 18.0 Å². The molecule has 3 aliphatic carbocycles. The molecule has 4 aliphatic rings. The van der Waals surface area contributed by atoms with Gasteiger partial charge in [0.25, 0.3) is 0 Å². The maximum absolute atomic E-state index is 6.12. The standard InChI is InChI=1S/C37H34N2/c1-3-13-30-32-22-20-26(24-36(32)38(34(30)4-2)28-14-7-5-8-15-28)27-21-23-33-31-18-11-12-19-35(31)39(37(33)25-27)29-16-9-6-10-17-29/h2-3,5-9,11-16,18-24,27,31,33,35,37H,10,17,25H2,1H3/b13-3-. The Bertz CT molecular complexity index is 1630. The van der Waals surface area contributed by atoms with Gasteiger partial charge < -0.3 is 9.47 Å². The number of rotatable bonds is 4. The molecule has 2 aromatic carbocycles. The minimum atomic E-state index is 0.365. The molecule has 2 heterocycles. The van der Waals surface area contributed by atoms with E-state index >= 15 is 0 Å². The fourth-order valence-electron chi connectivity index (χ4n) is 7.38. The molecule has 2 nitrogen and oxygen atoms in total. The largest absolute Gasteiger partial charge is 0.364 e. The summed E-state index contributed by atoms with van der Waals surface area (Å²) in [5, 5.41) is 1.20. The minimum Gasteiger partial charge on any atom is -0.364 e. The highest BCUT2D eigenvalue weighted by Crippen LogP contribution is 2.49. The number of fused-ring (bicyclic) bond motifs is 4. The zero-order valence-electron chi connectivity index (χ0n) is 22.4. The predicted molar refractivity (Wildman–Crippen MR) is 164 cm³/mol. The van der Waals surface area contributed by atoms with Crippen LogP contribution in [0.3, 0.4) is 0 Å². The van der Waals surface area contributed by atoms with E-state index in [0.717, 1.165) is 36.2 Å². The van der Waals surface area contributed by atoms with Crippen molar-refractivity contribution < 1.29 is 0 Å². The van der Waals surface area contributed by atoms with E-state index in [1.165, 1.54) is 22.2 Å². The van der Waals surface area contributed by atoms with E-state index in [-0.39, 0.29) is 0 Å². The van der Waals surface area contributed by atoms with E-state index in [0.29, 0.717) is 29.8 Å². The van der Waals surface area contributed by atoms with E-state index < -0.39 is 0 Å². The van der Waals surface area contributed by atoms with Crippen LogP contribution in [-0.2, 0) is 0 Å². The second-order valence-corrected chi connectivity index (χ2v) is 11.1. The number of terminal acetylenes is 1. The molecule has 1 aliphatic heterocycles. The molecule has 0 radical (unpaired) electrons. The van der Waals surface area contributed by atoms with Crippen LogP contribution in [0.1, 0.15) is 48.9 Å². The van der Waals surface area contributed by atoms with Crippen LogP contribution in [0.4, 0.5) is 0 Å². The fraction of sp³-hybridized carbons (Fsp3) is 0.243. The molecule has 3 aromatic rings. The third-order valence-corrected chi connectivity index (χ3v) is 9.04. The summed E-state index contributed by atoms with van der Waals surface area (Å²) >= 11 is 0. The van der Waals surface area contributed by atoms with Gasteiger partial charge in [0.15, 0.2) is 0 Å². The lowest BCUT2D eigenvalue weighted by atomic mass is 9.76. The number of aromatic nitrogens is 1. The van der Waals surface area contributed by atoms with Crippen molar-refractivity contribution in [1.82, 2.24) is 9.47 Å². The number of para-hydroxylation sites is 1. The van der Waals surface area contributed by atoms with Crippen LogP contribution in [0.15, 0.2) is 115 Å². The lowest BCUT2D eigenvalue weighted by Gasteiger charge is -2.38.